The third kappa shape index (κ3) is 3.84. The van der Waals surface area contributed by atoms with Gasteiger partial charge >= 0.3 is 0 Å². The lowest BCUT2D eigenvalue weighted by Crippen LogP contribution is -1.96. The minimum atomic E-state index is 0.506. The predicted octanol–water partition coefficient (Wildman–Crippen LogP) is 3.18. The zero-order valence-corrected chi connectivity index (χ0v) is 9.75. The summed E-state index contributed by atoms with van der Waals surface area (Å²) in [4.78, 5) is 0. The van der Waals surface area contributed by atoms with Crippen LogP contribution in [-0.4, -0.2) is 19.6 Å². The molecule has 0 bridgehead atoms. The van der Waals surface area contributed by atoms with E-state index in [9.17, 15) is 0 Å². The Morgan fingerprint density at radius 3 is 2.73 bits per heavy atom. The van der Waals surface area contributed by atoms with Crippen molar-refractivity contribution in [3.8, 4) is 11.5 Å². The normalized spacial score (nSPS) is 10.6. The number of ether oxygens (including phenoxy) is 2. The minimum Gasteiger partial charge on any atom is -0.493 e. The van der Waals surface area contributed by atoms with Crippen LogP contribution in [0.4, 0.5) is 0 Å². The molecular formula is C12H15ClO2. The molecule has 0 amide bonds. The third-order valence-electron chi connectivity index (χ3n) is 1.91. The van der Waals surface area contributed by atoms with E-state index in [-0.39, 0.29) is 0 Å². The van der Waals surface area contributed by atoms with E-state index in [1.807, 2.05) is 37.3 Å². The van der Waals surface area contributed by atoms with E-state index in [4.69, 9.17) is 21.1 Å². The first-order chi connectivity index (χ1) is 7.27. The number of hydrogen-bond acceptors (Lipinski definition) is 2. The van der Waals surface area contributed by atoms with Gasteiger partial charge in [-0.05, 0) is 24.6 Å². The lowest BCUT2D eigenvalue weighted by Gasteiger charge is -2.09. The molecule has 0 unspecified atom stereocenters. The summed E-state index contributed by atoms with van der Waals surface area (Å²) < 4.78 is 10.7. The molecule has 0 aliphatic heterocycles. The monoisotopic (exact) mass is 226 g/mol. The fourth-order valence-electron chi connectivity index (χ4n) is 1.16. The standard InChI is InChI=1S/C12H15ClO2/c1-10-5-6-11(12(9-10)14-2)15-8-4-3-7-13/h3-6,9H,7-8H2,1-2H3. The maximum Gasteiger partial charge on any atom is 0.161 e. The van der Waals surface area contributed by atoms with E-state index >= 15 is 0 Å². The van der Waals surface area contributed by atoms with Gasteiger partial charge in [-0.1, -0.05) is 18.2 Å². The smallest absolute Gasteiger partial charge is 0.161 e. The number of methoxy groups -OCH3 is 1. The molecule has 0 saturated carbocycles. The van der Waals surface area contributed by atoms with Crippen molar-refractivity contribution in [3.63, 3.8) is 0 Å². The number of aryl methyl sites for hydroxylation is 1. The second kappa shape index (κ2) is 6.36. The highest BCUT2D eigenvalue weighted by molar-refractivity contribution is 6.18. The molecule has 1 aromatic rings. The average Bonchev–Trinajstić information content (AvgIpc) is 2.26. The van der Waals surface area contributed by atoms with Gasteiger partial charge in [-0.25, -0.2) is 0 Å². The van der Waals surface area contributed by atoms with Crippen LogP contribution in [0.5, 0.6) is 11.5 Å². The van der Waals surface area contributed by atoms with E-state index in [0.717, 1.165) is 17.1 Å². The number of halogens is 1. The van der Waals surface area contributed by atoms with Gasteiger partial charge in [0.15, 0.2) is 11.5 Å². The Morgan fingerprint density at radius 2 is 2.07 bits per heavy atom. The quantitative estimate of drug-likeness (QED) is 0.567. The molecule has 0 saturated heterocycles. The van der Waals surface area contributed by atoms with E-state index < -0.39 is 0 Å². The molecule has 0 radical (unpaired) electrons. The first-order valence-corrected chi connectivity index (χ1v) is 5.29. The van der Waals surface area contributed by atoms with E-state index in [2.05, 4.69) is 0 Å². The summed E-state index contributed by atoms with van der Waals surface area (Å²) in [5.74, 6) is 2.02. The van der Waals surface area contributed by atoms with Gasteiger partial charge in [-0.2, -0.15) is 0 Å². The van der Waals surface area contributed by atoms with E-state index in [1.54, 1.807) is 7.11 Å². The van der Waals surface area contributed by atoms with Crippen molar-refractivity contribution in [2.45, 2.75) is 6.92 Å². The van der Waals surface area contributed by atoms with Crippen molar-refractivity contribution >= 4 is 11.6 Å². The van der Waals surface area contributed by atoms with Gasteiger partial charge in [0.2, 0.25) is 0 Å². The largest absolute Gasteiger partial charge is 0.493 e. The van der Waals surface area contributed by atoms with Crippen LogP contribution in [0.3, 0.4) is 0 Å². The van der Waals surface area contributed by atoms with Crippen LogP contribution in [0.2, 0.25) is 0 Å². The van der Waals surface area contributed by atoms with Crippen LogP contribution in [0.15, 0.2) is 30.4 Å². The molecule has 0 N–H and O–H groups in total. The summed E-state index contributed by atoms with van der Waals surface area (Å²) in [5.41, 5.74) is 1.15. The molecule has 0 aliphatic rings. The highest BCUT2D eigenvalue weighted by Gasteiger charge is 2.02. The van der Waals surface area contributed by atoms with Crippen molar-refractivity contribution < 1.29 is 9.47 Å². The van der Waals surface area contributed by atoms with Crippen molar-refractivity contribution in [1.29, 1.82) is 0 Å². The van der Waals surface area contributed by atoms with Crippen molar-refractivity contribution in [1.82, 2.24) is 0 Å². The Labute approximate surface area is 95.5 Å². The second-order valence-corrected chi connectivity index (χ2v) is 3.40. The van der Waals surface area contributed by atoms with Gasteiger partial charge in [0.05, 0.1) is 7.11 Å². The SMILES string of the molecule is COc1cc(C)ccc1OCC=CCCl. The summed E-state index contributed by atoms with van der Waals surface area (Å²) >= 11 is 5.50. The maximum atomic E-state index is 5.51. The molecule has 3 heteroatoms. The summed E-state index contributed by atoms with van der Waals surface area (Å²) in [5, 5.41) is 0. The molecule has 15 heavy (non-hydrogen) atoms. The van der Waals surface area contributed by atoms with Crippen LogP contribution in [0.1, 0.15) is 5.56 Å². The summed E-state index contributed by atoms with van der Waals surface area (Å²) in [6.07, 6.45) is 3.73. The molecule has 0 aliphatic carbocycles. The average molecular weight is 227 g/mol. The first kappa shape index (κ1) is 11.9. The molecule has 0 fully saturated rings. The Balaban J connectivity index is 2.63. The van der Waals surface area contributed by atoms with Gasteiger partial charge in [0, 0.05) is 5.88 Å². The zero-order valence-electron chi connectivity index (χ0n) is 9.00. The molecule has 1 rings (SSSR count). The molecule has 82 valence electrons. The Morgan fingerprint density at radius 1 is 1.27 bits per heavy atom. The zero-order chi connectivity index (χ0) is 11.1. The van der Waals surface area contributed by atoms with Gasteiger partial charge in [-0.15, -0.1) is 11.6 Å². The number of allylic oxidation sites excluding steroid dienone is 1. The fourth-order valence-corrected chi connectivity index (χ4v) is 1.29. The van der Waals surface area contributed by atoms with Crippen LogP contribution >= 0.6 is 11.6 Å². The summed E-state index contributed by atoms with van der Waals surface area (Å²) in [6.45, 7) is 2.52. The third-order valence-corrected chi connectivity index (χ3v) is 2.09. The van der Waals surface area contributed by atoms with Crippen molar-refractivity contribution in [3.05, 3.63) is 35.9 Å². The lowest BCUT2D eigenvalue weighted by atomic mass is 10.2. The molecule has 1 aromatic carbocycles. The van der Waals surface area contributed by atoms with Crippen LogP contribution < -0.4 is 9.47 Å². The predicted molar refractivity (Wildman–Crippen MR) is 63.1 cm³/mol. The molecule has 0 atom stereocenters. The summed E-state index contributed by atoms with van der Waals surface area (Å²) in [7, 11) is 1.64. The first-order valence-electron chi connectivity index (χ1n) is 4.76. The molecule has 0 aromatic heterocycles. The Bertz CT molecular complexity index is 334. The minimum absolute atomic E-state index is 0.506. The molecular weight excluding hydrogens is 212 g/mol. The fraction of sp³-hybridized carbons (Fsp3) is 0.333. The van der Waals surface area contributed by atoms with Crippen molar-refractivity contribution in [2.24, 2.45) is 0 Å². The topological polar surface area (TPSA) is 18.5 Å². The number of hydrogen-bond donors (Lipinski definition) is 0. The highest BCUT2D eigenvalue weighted by atomic mass is 35.5. The number of rotatable bonds is 5. The van der Waals surface area contributed by atoms with Gasteiger partial charge in [0.25, 0.3) is 0 Å². The molecule has 0 spiro atoms. The highest BCUT2D eigenvalue weighted by Crippen LogP contribution is 2.27. The van der Waals surface area contributed by atoms with Crippen molar-refractivity contribution in [2.75, 3.05) is 19.6 Å². The molecule has 0 heterocycles. The second-order valence-electron chi connectivity index (χ2n) is 3.09. The van der Waals surface area contributed by atoms with Crippen LogP contribution in [0.25, 0.3) is 0 Å². The Hall–Kier alpha value is -1.15. The van der Waals surface area contributed by atoms with Gasteiger partial charge in [0.1, 0.15) is 6.61 Å². The van der Waals surface area contributed by atoms with Crippen LogP contribution in [-0.2, 0) is 0 Å². The maximum absolute atomic E-state index is 5.51. The summed E-state index contributed by atoms with van der Waals surface area (Å²) in [6, 6.07) is 5.84. The molecule has 2 nitrogen and oxygen atoms in total. The lowest BCUT2D eigenvalue weighted by molar-refractivity contribution is 0.326. The van der Waals surface area contributed by atoms with E-state index in [1.165, 1.54) is 0 Å². The number of benzene rings is 1. The van der Waals surface area contributed by atoms with Gasteiger partial charge < -0.3 is 9.47 Å². The van der Waals surface area contributed by atoms with E-state index in [0.29, 0.717) is 12.5 Å². The Kier molecular flexibility index (Phi) is 5.05. The van der Waals surface area contributed by atoms with Crippen LogP contribution in [0, 0.1) is 6.92 Å². The van der Waals surface area contributed by atoms with Gasteiger partial charge in [-0.3, -0.25) is 0 Å². The number of alkyl halides is 1.